The zero-order valence-corrected chi connectivity index (χ0v) is 11.3. The second kappa shape index (κ2) is 4.66. The highest BCUT2D eigenvalue weighted by atomic mass is 16.6. The monoisotopic (exact) mass is 274 g/mol. The highest BCUT2D eigenvalue weighted by molar-refractivity contribution is 5.98. The van der Waals surface area contributed by atoms with Gasteiger partial charge in [-0.05, 0) is 24.0 Å². The molecule has 4 rings (SSSR count). The van der Waals surface area contributed by atoms with Crippen molar-refractivity contribution in [3.05, 3.63) is 23.8 Å². The summed E-state index contributed by atoms with van der Waals surface area (Å²) in [7, 11) is 0. The van der Waals surface area contributed by atoms with Crippen molar-refractivity contribution in [1.82, 2.24) is 10.2 Å². The number of ether oxygens (including phenoxy) is 2. The molecule has 5 heteroatoms. The summed E-state index contributed by atoms with van der Waals surface area (Å²) >= 11 is 0. The third-order valence-electron chi connectivity index (χ3n) is 4.47. The Morgan fingerprint density at radius 2 is 1.90 bits per heavy atom. The van der Waals surface area contributed by atoms with Gasteiger partial charge in [-0.15, -0.1) is 0 Å². The molecule has 0 radical (unpaired) electrons. The molecule has 2 unspecified atom stereocenters. The first kappa shape index (κ1) is 12.0. The number of fused-ring (bicyclic) bond motifs is 2. The summed E-state index contributed by atoms with van der Waals surface area (Å²) in [6.07, 6.45) is 0. The second-order valence-electron chi connectivity index (χ2n) is 5.72. The number of benzene rings is 1. The highest BCUT2D eigenvalue weighted by Gasteiger charge is 2.39. The summed E-state index contributed by atoms with van der Waals surface area (Å²) in [5.74, 6) is 2.58. The van der Waals surface area contributed by atoms with Crippen LogP contribution in [0.15, 0.2) is 18.2 Å². The average Bonchev–Trinajstić information content (AvgIpc) is 3.07. The van der Waals surface area contributed by atoms with Gasteiger partial charge in [-0.2, -0.15) is 0 Å². The maximum absolute atomic E-state index is 12.7. The van der Waals surface area contributed by atoms with Crippen molar-refractivity contribution in [2.45, 2.75) is 0 Å². The van der Waals surface area contributed by atoms with Gasteiger partial charge in [-0.3, -0.25) is 4.79 Å². The van der Waals surface area contributed by atoms with Crippen LogP contribution < -0.4 is 14.8 Å². The molecule has 0 spiro atoms. The maximum Gasteiger partial charge on any atom is 0.257 e. The van der Waals surface area contributed by atoms with Crippen LogP contribution in [0.5, 0.6) is 11.5 Å². The summed E-state index contributed by atoms with van der Waals surface area (Å²) < 4.78 is 11.2. The van der Waals surface area contributed by atoms with E-state index < -0.39 is 0 Å². The number of hydrogen-bond donors (Lipinski definition) is 1. The summed E-state index contributed by atoms with van der Waals surface area (Å²) in [4.78, 5) is 14.7. The van der Waals surface area contributed by atoms with Gasteiger partial charge in [-0.1, -0.05) is 6.07 Å². The number of carbonyl (C=O) groups is 1. The van der Waals surface area contributed by atoms with E-state index >= 15 is 0 Å². The van der Waals surface area contributed by atoms with E-state index in [2.05, 4.69) is 5.32 Å². The van der Waals surface area contributed by atoms with E-state index in [1.54, 1.807) is 0 Å². The van der Waals surface area contributed by atoms with Gasteiger partial charge in [0.1, 0.15) is 13.2 Å². The standard InChI is InChI=1S/C15H18N2O3/c18-15(17-8-10-6-16-7-11(10)9-17)12-2-1-3-13-14(12)20-5-4-19-13/h1-3,10-11,16H,4-9H2. The molecular weight excluding hydrogens is 256 g/mol. The Hall–Kier alpha value is -1.75. The number of carbonyl (C=O) groups excluding carboxylic acids is 1. The predicted molar refractivity (Wildman–Crippen MR) is 73.2 cm³/mol. The Morgan fingerprint density at radius 1 is 1.15 bits per heavy atom. The largest absolute Gasteiger partial charge is 0.486 e. The molecule has 2 atom stereocenters. The first-order valence-corrected chi connectivity index (χ1v) is 7.21. The summed E-state index contributed by atoms with van der Waals surface area (Å²) in [6, 6.07) is 5.55. The van der Waals surface area contributed by atoms with E-state index in [1.165, 1.54) is 0 Å². The number of likely N-dealkylation sites (tertiary alicyclic amines) is 1. The van der Waals surface area contributed by atoms with Crippen molar-refractivity contribution in [2.75, 3.05) is 39.4 Å². The molecule has 1 aromatic rings. The van der Waals surface area contributed by atoms with Crippen LogP contribution in [-0.4, -0.2) is 50.2 Å². The molecule has 0 saturated carbocycles. The predicted octanol–water partition coefficient (Wildman–Crippen LogP) is 0.749. The minimum Gasteiger partial charge on any atom is -0.486 e. The lowest BCUT2D eigenvalue weighted by Crippen LogP contribution is -2.32. The smallest absolute Gasteiger partial charge is 0.257 e. The lowest BCUT2D eigenvalue weighted by Gasteiger charge is -2.23. The van der Waals surface area contributed by atoms with Gasteiger partial charge in [0.05, 0.1) is 5.56 Å². The minimum atomic E-state index is 0.0711. The van der Waals surface area contributed by atoms with Crippen molar-refractivity contribution < 1.29 is 14.3 Å². The van der Waals surface area contributed by atoms with Gasteiger partial charge < -0.3 is 19.7 Å². The molecule has 3 aliphatic heterocycles. The lowest BCUT2D eigenvalue weighted by molar-refractivity contribution is 0.0771. The van der Waals surface area contributed by atoms with E-state index in [4.69, 9.17) is 9.47 Å². The quantitative estimate of drug-likeness (QED) is 0.821. The molecule has 0 aromatic heterocycles. The summed E-state index contributed by atoms with van der Waals surface area (Å²) in [6.45, 7) is 4.81. The van der Waals surface area contributed by atoms with E-state index in [0.717, 1.165) is 26.2 Å². The molecule has 3 heterocycles. The number of nitrogens with zero attached hydrogens (tertiary/aromatic N) is 1. The van der Waals surface area contributed by atoms with Gasteiger partial charge in [0.2, 0.25) is 0 Å². The molecule has 20 heavy (non-hydrogen) atoms. The Bertz CT molecular complexity index is 534. The molecule has 5 nitrogen and oxygen atoms in total. The van der Waals surface area contributed by atoms with Crippen LogP contribution in [0.4, 0.5) is 0 Å². The van der Waals surface area contributed by atoms with Crippen molar-refractivity contribution in [3.63, 3.8) is 0 Å². The molecule has 2 fully saturated rings. The second-order valence-corrected chi connectivity index (χ2v) is 5.72. The van der Waals surface area contributed by atoms with Gasteiger partial charge in [-0.25, -0.2) is 0 Å². The SMILES string of the molecule is O=C(c1cccc2c1OCCO2)N1CC2CNCC2C1. The van der Waals surface area contributed by atoms with Gasteiger partial charge >= 0.3 is 0 Å². The van der Waals surface area contributed by atoms with Gasteiger partial charge in [0.25, 0.3) is 5.91 Å². The molecule has 106 valence electrons. The van der Waals surface area contributed by atoms with Gasteiger partial charge in [0, 0.05) is 26.2 Å². The van der Waals surface area contributed by atoms with Crippen molar-refractivity contribution >= 4 is 5.91 Å². The number of rotatable bonds is 1. The van der Waals surface area contributed by atoms with E-state index in [0.29, 0.717) is 42.1 Å². The fourth-order valence-corrected chi connectivity index (χ4v) is 3.43. The molecule has 3 aliphatic rings. The van der Waals surface area contributed by atoms with E-state index in [1.807, 2.05) is 23.1 Å². The van der Waals surface area contributed by atoms with Crippen LogP contribution in [-0.2, 0) is 0 Å². The van der Waals surface area contributed by atoms with Crippen molar-refractivity contribution in [3.8, 4) is 11.5 Å². The maximum atomic E-state index is 12.7. The Balaban J connectivity index is 1.60. The van der Waals surface area contributed by atoms with Crippen LogP contribution in [0.2, 0.25) is 0 Å². The Labute approximate surface area is 117 Å². The lowest BCUT2D eigenvalue weighted by atomic mass is 10.0. The highest BCUT2D eigenvalue weighted by Crippen LogP contribution is 2.36. The molecule has 0 bridgehead atoms. The number of para-hydroxylation sites is 1. The van der Waals surface area contributed by atoms with E-state index in [-0.39, 0.29) is 5.91 Å². The van der Waals surface area contributed by atoms with Crippen molar-refractivity contribution in [1.29, 1.82) is 0 Å². The molecule has 2 saturated heterocycles. The fourth-order valence-electron chi connectivity index (χ4n) is 3.43. The van der Waals surface area contributed by atoms with E-state index in [9.17, 15) is 4.79 Å². The number of hydrogen-bond acceptors (Lipinski definition) is 4. The summed E-state index contributed by atoms with van der Waals surface area (Å²) in [5.41, 5.74) is 0.634. The number of nitrogens with one attached hydrogen (secondary N) is 1. The van der Waals surface area contributed by atoms with Crippen LogP contribution in [0.25, 0.3) is 0 Å². The fraction of sp³-hybridized carbons (Fsp3) is 0.533. The normalized spacial score (nSPS) is 27.5. The Morgan fingerprint density at radius 3 is 2.70 bits per heavy atom. The molecular formula is C15H18N2O3. The summed E-state index contributed by atoms with van der Waals surface area (Å²) in [5, 5.41) is 3.39. The van der Waals surface area contributed by atoms with Crippen molar-refractivity contribution in [2.24, 2.45) is 11.8 Å². The third kappa shape index (κ3) is 1.85. The molecule has 1 N–H and O–H groups in total. The first-order chi connectivity index (χ1) is 9.83. The zero-order chi connectivity index (χ0) is 13.5. The Kier molecular flexibility index (Phi) is 2.80. The zero-order valence-electron chi connectivity index (χ0n) is 11.3. The van der Waals surface area contributed by atoms with Crippen LogP contribution in [0, 0.1) is 11.8 Å². The molecule has 1 amide bonds. The van der Waals surface area contributed by atoms with Crippen LogP contribution in [0.1, 0.15) is 10.4 Å². The minimum absolute atomic E-state index is 0.0711. The van der Waals surface area contributed by atoms with Crippen LogP contribution >= 0.6 is 0 Å². The topological polar surface area (TPSA) is 50.8 Å². The number of amides is 1. The first-order valence-electron chi connectivity index (χ1n) is 7.21. The third-order valence-corrected chi connectivity index (χ3v) is 4.47. The average molecular weight is 274 g/mol. The van der Waals surface area contributed by atoms with Gasteiger partial charge in [0.15, 0.2) is 11.5 Å². The van der Waals surface area contributed by atoms with Crippen LogP contribution in [0.3, 0.4) is 0 Å². The molecule has 1 aromatic carbocycles. The molecule has 0 aliphatic carbocycles.